The fourth-order valence-electron chi connectivity index (χ4n) is 1.63. The molecule has 0 atom stereocenters. The van der Waals surface area contributed by atoms with Crippen LogP contribution in [0.2, 0.25) is 0 Å². The fourth-order valence-corrected chi connectivity index (χ4v) is 1.63. The number of ketones is 1. The van der Waals surface area contributed by atoms with Crippen LogP contribution in [0.1, 0.15) is 15.9 Å². The van der Waals surface area contributed by atoms with Gasteiger partial charge in [-0.15, -0.1) is 0 Å². The Labute approximate surface area is 105 Å². The minimum absolute atomic E-state index is 0.0645. The summed E-state index contributed by atoms with van der Waals surface area (Å²) >= 11 is 0. The molecule has 0 saturated heterocycles. The second-order valence-corrected chi connectivity index (χ2v) is 3.81. The van der Waals surface area contributed by atoms with Crippen LogP contribution in [0.25, 0.3) is 0 Å². The number of nitrogens with two attached hydrogens (primary N) is 1. The summed E-state index contributed by atoms with van der Waals surface area (Å²) in [7, 11) is -1.18. The Morgan fingerprint density at radius 3 is 2.11 bits per heavy atom. The lowest BCUT2D eigenvalue weighted by molar-refractivity contribution is 0.103. The molecular weight excluding hydrogens is 229 g/mol. The van der Waals surface area contributed by atoms with Gasteiger partial charge in [-0.3, -0.25) is 4.79 Å². The third kappa shape index (κ3) is 2.65. The standard InChI is InChI=1S/C13H12BNO3/c15-18-14(17)12-8-6-11(7-9-12)13(16)10-4-2-1-3-5-10/h1-9,17H,15H2. The van der Waals surface area contributed by atoms with Crippen LogP contribution in [-0.4, -0.2) is 17.9 Å². The van der Waals surface area contributed by atoms with Crippen molar-refractivity contribution in [3.8, 4) is 0 Å². The average Bonchev–Trinajstić information content (AvgIpc) is 2.47. The van der Waals surface area contributed by atoms with Gasteiger partial charge >= 0.3 is 7.12 Å². The van der Waals surface area contributed by atoms with Gasteiger partial charge in [0.25, 0.3) is 0 Å². The summed E-state index contributed by atoms with van der Waals surface area (Å²) in [6.07, 6.45) is 0. The van der Waals surface area contributed by atoms with E-state index in [2.05, 4.69) is 4.76 Å². The Hall–Kier alpha value is -1.95. The van der Waals surface area contributed by atoms with Crippen LogP contribution in [0, 0.1) is 0 Å². The van der Waals surface area contributed by atoms with Crippen LogP contribution in [0.15, 0.2) is 54.6 Å². The van der Waals surface area contributed by atoms with Gasteiger partial charge in [-0.05, 0) is 5.46 Å². The molecular formula is C13H12BNO3. The highest BCUT2D eigenvalue weighted by Gasteiger charge is 2.16. The predicted octanol–water partition coefficient (Wildman–Crippen LogP) is 0.495. The molecule has 2 aromatic rings. The predicted molar refractivity (Wildman–Crippen MR) is 69.2 cm³/mol. The Morgan fingerprint density at radius 2 is 1.56 bits per heavy atom. The number of rotatable bonds is 4. The van der Waals surface area contributed by atoms with E-state index >= 15 is 0 Å². The summed E-state index contributed by atoms with van der Waals surface area (Å²) in [6.45, 7) is 0. The summed E-state index contributed by atoms with van der Waals surface area (Å²) in [4.78, 5) is 12.1. The van der Waals surface area contributed by atoms with Crippen molar-refractivity contribution in [1.82, 2.24) is 0 Å². The Kier molecular flexibility index (Phi) is 3.89. The van der Waals surface area contributed by atoms with Crippen LogP contribution in [0.5, 0.6) is 0 Å². The highest BCUT2D eigenvalue weighted by atomic mass is 16.6. The molecule has 0 spiro atoms. The summed E-state index contributed by atoms with van der Waals surface area (Å²) in [5, 5.41) is 9.34. The topological polar surface area (TPSA) is 72.6 Å². The van der Waals surface area contributed by atoms with E-state index in [0.717, 1.165) is 0 Å². The van der Waals surface area contributed by atoms with Gasteiger partial charge in [0.15, 0.2) is 5.78 Å². The third-order valence-electron chi connectivity index (χ3n) is 2.62. The van der Waals surface area contributed by atoms with Crippen molar-refractivity contribution in [2.24, 2.45) is 5.90 Å². The molecule has 5 heteroatoms. The van der Waals surface area contributed by atoms with E-state index in [-0.39, 0.29) is 5.78 Å². The fraction of sp³-hybridized carbons (Fsp3) is 0. The highest BCUT2D eigenvalue weighted by molar-refractivity contribution is 6.59. The molecule has 0 saturated carbocycles. The Bertz CT molecular complexity index is 528. The van der Waals surface area contributed by atoms with E-state index in [9.17, 15) is 9.82 Å². The molecule has 18 heavy (non-hydrogen) atoms. The second kappa shape index (κ2) is 5.60. The van der Waals surface area contributed by atoms with Gasteiger partial charge < -0.3 is 9.78 Å². The van der Waals surface area contributed by atoms with Crippen molar-refractivity contribution in [3.63, 3.8) is 0 Å². The molecule has 0 amide bonds. The average molecular weight is 241 g/mol. The van der Waals surface area contributed by atoms with E-state index in [0.29, 0.717) is 16.6 Å². The normalized spacial score (nSPS) is 10.1. The summed E-state index contributed by atoms with van der Waals surface area (Å²) in [5.41, 5.74) is 1.68. The first kappa shape index (κ1) is 12.5. The lowest BCUT2D eigenvalue weighted by Gasteiger charge is -2.05. The number of carbonyl (C=O) groups is 1. The number of benzene rings is 2. The summed E-state index contributed by atoms with van der Waals surface area (Å²) in [6, 6.07) is 15.5. The molecule has 3 N–H and O–H groups in total. The van der Waals surface area contributed by atoms with Gasteiger partial charge in [0.2, 0.25) is 0 Å². The maximum Gasteiger partial charge on any atom is 0.508 e. The van der Waals surface area contributed by atoms with Crippen LogP contribution in [0.3, 0.4) is 0 Å². The van der Waals surface area contributed by atoms with Crippen LogP contribution < -0.4 is 11.4 Å². The molecule has 0 unspecified atom stereocenters. The smallest absolute Gasteiger partial charge is 0.422 e. The van der Waals surface area contributed by atoms with E-state index in [1.807, 2.05) is 18.2 Å². The molecule has 4 nitrogen and oxygen atoms in total. The van der Waals surface area contributed by atoms with E-state index < -0.39 is 7.12 Å². The molecule has 0 bridgehead atoms. The van der Waals surface area contributed by atoms with Gasteiger partial charge in [0.1, 0.15) is 0 Å². The number of hydrogen-bond acceptors (Lipinski definition) is 4. The lowest BCUT2D eigenvalue weighted by atomic mass is 9.79. The molecule has 90 valence electrons. The maximum absolute atomic E-state index is 12.1. The Morgan fingerprint density at radius 1 is 1.00 bits per heavy atom. The minimum Gasteiger partial charge on any atom is -0.422 e. The molecule has 2 aromatic carbocycles. The third-order valence-corrected chi connectivity index (χ3v) is 2.62. The maximum atomic E-state index is 12.1. The quantitative estimate of drug-likeness (QED) is 0.464. The molecule has 0 fully saturated rings. The molecule has 0 aromatic heterocycles. The van der Waals surface area contributed by atoms with Crippen molar-refractivity contribution >= 4 is 18.4 Å². The highest BCUT2D eigenvalue weighted by Crippen LogP contribution is 2.08. The molecule has 0 aliphatic rings. The monoisotopic (exact) mass is 241 g/mol. The van der Waals surface area contributed by atoms with Crippen molar-refractivity contribution in [2.45, 2.75) is 0 Å². The minimum atomic E-state index is -1.18. The van der Waals surface area contributed by atoms with E-state index in [1.165, 1.54) is 0 Å². The van der Waals surface area contributed by atoms with Gasteiger partial charge in [0, 0.05) is 11.1 Å². The van der Waals surface area contributed by atoms with Gasteiger partial charge in [-0.2, -0.15) is 0 Å². The van der Waals surface area contributed by atoms with Crippen molar-refractivity contribution in [3.05, 3.63) is 65.7 Å². The zero-order valence-electron chi connectivity index (χ0n) is 9.61. The van der Waals surface area contributed by atoms with Crippen LogP contribution in [-0.2, 0) is 4.76 Å². The van der Waals surface area contributed by atoms with Crippen molar-refractivity contribution in [1.29, 1.82) is 0 Å². The summed E-state index contributed by atoms with van der Waals surface area (Å²) in [5.74, 6) is 4.81. The summed E-state index contributed by atoms with van der Waals surface area (Å²) < 4.78 is 4.29. The first-order valence-electron chi connectivity index (χ1n) is 5.45. The van der Waals surface area contributed by atoms with Crippen LogP contribution in [0.4, 0.5) is 0 Å². The van der Waals surface area contributed by atoms with E-state index in [1.54, 1.807) is 36.4 Å². The zero-order valence-corrected chi connectivity index (χ0v) is 9.61. The Balaban J connectivity index is 2.22. The molecule has 0 aliphatic carbocycles. The van der Waals surface area contributed by atoms with Gasteiger partial charge in [-0.25, -0.2) is 5.90 Å². The molecule has 0 aliphatic heterocycles. The first-order chi connectivity index (χ1) is 8.72. The number of hydrogen-bond donors (Lipinski definition) is 2. The van der Waals surface area contributed by atoms with Gasteiger partial charge in [-0.1, -0.05) is 54.6 Å². The van der Waals surface area contributed by atoms with Crippen molar-refractivity contribution < 1.29 is 14.6 Å². The molecule has 0 radical (unpaired) electrons. The van der Waals surface area contributed by atoms with Crippen LogP contribution >= 0.6 is 0 Å². The second-order valence-electron chi connectivity index (χ2n) is 3.81. The SMILES string of the molecule is NOB(O)c1ccc(C(=O)c2ccccc2)cc1. The lowest BCUT2D eigenvalue weighted by Crippen LogP contribution is -2.36. The van der Waals surface area contributed by atoms with E-state index in [4.69, 9.17) is 5.90 Å². The van der Waals surface area contributed by atoms with Crippen molar-refractivity contribution in [2.75, 3.05) is 0 Å². The van der Waals surface area contributed by atoms with Gasteiger partial charge in [0.05, 0.1) is 0 Å². The first-order valence-corrected chi connectivity index (χ1v) is 5.45. The molecule has 2 rings (SSSR count). The molecule has 0 heterocycles. The zero-order chi connectivity index (χ0) is 13.0. The largest absolute Gasteiger partial charge is 0.508 e. The number of carbonyl (C=O) groups excluding carboxylic acids is 1.